The van der Waals surface area contributed by atoms with Gasteiger partial charge in [0.1, 0.15) is 12.4 Å². The average molecular weight is 338 g/mol. The number of hydrogen-bond donors (Lipinski definition) is 1. The normalized spacial score (nSPS) is 17.4. The molecule has 0 saturated carbocycles. The summed E-state index contributed by atoms with van der Waals surface area (Å²) in [6.07, 6.45) is 3.02. The molecule has 3 rings (SSSR count). The van der Waals surface area contributed by atoms with Gasteiger partial charge in [0.25, 0.3) is 0 Å². The second-order valence-electron chi connectivity index (χ2n) is 5.38. The minimum atomic E-state index is 0.168. The minimum absolute atomic E-state index is 0.168. The number of benzene rings is 1. The molecule has 0 spiro atoms. The Bertz CT molecular complexity index is 641. The highest BCUT2D eigenvalue weighted by atomic mass is 35.5. The van der Waals surface area contributed by atoms with E-state index in [1.54, 1.807) is 6.07 Å². The summed E-state index contributed by atoms with van der Waals surface area (Å²) in [5.74, 6) is 1.90. The van der Waals surface area contributed by atoms with Crippen LogP contribution >= 0.6 is 11.6 Å². The van der Waals surface area contributed by atoms with E-state index in [-0.39, 0.29) is 6.10 Å². The third-order valence-corrected chi connectivity index (χ3v) is 3.87. The molecular formula is C16H20ClN3O3. The van der Waals surface area contributed by atoms with Crippen molar-refractivity contribution in [1.29, 1.82) is 0 Å². The first-order valence-corrected chi connectivity index (χ1v) is 8.21. The van der Waals surface area contributed by atoms with Crippen molar-refractivity contribution in [1.82, 2.24) is 10.2 Å². The number of nitrogens with one attached hydrogen (secondary N) is 1. The number of aromatic nitrogens is 2. The molecule has 1 N–H and O–H groups in total. The quantitative estimate of drug-likeness (QED) is 0.834. The predicted molar refractivity (Wildman–Crippen MR) is 86.9 cm³/mol. The van der Waals surface area contributed by atoms with Gasteiger partial charge in [-0.05, 0) is 31.0 Å². The summed E-state index contributed by atoms with van der Waals surface area (Å²) in [6.45, 7) is 3.75. The Labute approximate surface area is 140 Å². The standard InChI is InChI=1S/C16H20ClN3O3/c1-2-15-19-20-16(23-15)9-18-13-8-11(17)5-6-14(13)22-10-12-4-3-7-21-12/h5-6,8,12,18H,2-4,7,9-10H2,1H3/t12-/m1/s1. The van der Waals surface area contributed by atoms with Crippen LogP contribution in [-0.2, 0) is 17.7 Å². The Morgan fingerprint density at radius 3 is 2.96 bits per heavy atom. The van der Waals surface area contributed by atoms with Gasteiger partial charge in [0.2, 0.25) is 11.8 Å². The summed E-state index contributed by atoms with van der Waals surface area (Å²) >= 11 is 6.08. The zero-order valence-corrected chi connectivity index (χ0v) is 13.8. The van der Waals surface area contributed by atoms with Gasteiger partial charge in [0.15, 0.2) is 0 Å². The van der Waals surface area contributed by atoms with Crippen molar-refractivity contribution in [2.24, 2.45) is 0 Å². The molecule has 124 valence electrons. The molecule has 1 aliphatic heterocycles. The predicted octanol–water partition coefficient (Wildman–Crippen LogP) is 3.46. The maximum atomic E-state index is 6.08. The van der Waals surface area contributed by atoms with Crippen LogP contribution < -0.4 is 10.1 Å². The highest BCUT2D eigenvalue weighted by molar-refractivity contribution is 6.30. The first-order valence-electron chi connectivity index (χ1n) is 7.83. The zero-order chi connectivity index (χ0) is 16.1. The zero-order valence-electron chi connectivity index (χ0n) is 13.0. The molecule has 23 heavy (non-hydrogen) atoms. The van der Waals surface area contributed by atoms with E-state index in [0.29, 0.717) is 30.0 Å². The lowest BCUT2D eigenvalue weighted by Gasteiger charge is -2.15. The fourth-order valence-electron chi connectivity index (χ4n) is 2.40. The molecule has 0 bridgehead atoms. The maximum Gasteiger partial charge on any atom is 0.235 e. The SMILES string of the molecule is CCc1nnc(CNc2cc(Cl)ccc2OC[C@H]2CCCO2)o1. The van der Waals surface area contributed by atoms with Gasteiger partial charge in [-0.15, -0.1) is 10.2 Å². The molecule has 0 amide bonds. The van der Waals surface area contributed by atoms with E-state index in [2.05, 4.69) is 15.5 Å². The summed E-state index contributed by atoms with van der Waals surface area (Å²) in [4.78, 5) is 0. The number of hydrogen-bond acceptors (Lipinski definition) is 6. The Morgan fingerprint density at radius 2 is 2.22 bits per heavy atom. The number of ether oxygens (including phenoxy) is 2. The largest absolute Gasteiger partial charge is 0.489 e. The molecule has 1 aromatic heterocycles. The van der Waals surface area contributed by atoms with Crippen LogP contribution in [0.5, 0.6) is 5.75 Å². The molecule has 0 aliphatic carbocycles. The molecule has 6 nitrogen and oxygen atoms in total. The van der Waals surface area contributed by atoms with Gasteiger partial charge >= 0.3 is 0 Å². The lowest BCUT2D eigenvalue weighted by molar-refractivity contribution is 0.0682. The molecule has 0 unspecified atom stereocenters. The van der Waals surface area contributed by atoms with Crippen molar-refractivity contribution >= 4 is 17.3 Å². The summed E-state index contributed by atoms with van der Waals surface area (Å²) in [6, 6.07) is 5.48. The van der Waals surface area contributed by atoms with Crippen molar-refractivity contribution in [3.8, 4) is 5.75 Å². The molecule has 1 aliphatic rings. The Morgan fingerprint density at radius 1 is 1.35 bits per heavy atom. The van der Waals surface area contributed by atoms with Crippen molar-refractivity contribution < 1.29 is 13.9 Å². The van der Waals surface area contributed by atoms with Crippen LogP contribution in [0.1, 0.15) is 31.5 Å². The van der Waals surface area contributed by atoms with Crippen LogP contribution in [0, 0.1) is 0 Å². The summed E-state index contributed by atoms with van der Waals surface area (Å²) in [5.41, 5.74) is 0.798. The van der Waals surface area contributed by atoms with Crippen LogP contribution in [0.2, 0.25) is 5.02 Å². The van der Waals surface area contributed by atoms with E-state index in [0.717, 1.165) is 37.3 Å². The van der Waals surface area contributed by atoms with Gasteiger partial charge in [-0.2, -0.15) is 0 Å². The van der Waals surface area contributed by atoms with Crippen LogP contribution in [0.15, 0.2) is 22.6 Å². The van der Waals surface area contributed by atoms with Crippen molar-refractivity contribution in [2.75, 3.05) is 18.5 Å². The van der Waals surface area contributed by atoms with Crippen molar-refractivity contribution in [2.45, 2.75) is 38.8 Å². The smallest absolute Gasteiger partial charge is 0.235 e. The monoisotopic (exact) mass is 337 g/mol. The third-order valence-electron chi connectivity index (χ3n) is 3.63. The van der Waals surface area contributed by atoms with Crippen LogP contribution in [0.4, 0.5) is 5.69 Å². The van der Waals surface area contributed by atoms with Crippen LogP contribution in [-0.4, -0.2) is 29.5 Å². The van der Waals surface area contributed by atoms with E-state index >= 15 is 0 Å². The lowest BCUT2D eigenvalue weighted by Crippen LogP contribution is -2.17. The van der Waals surface area contributed by atoms with Crippen molar-refractivity contribution in [3.05, 3.63) is 35.0 Å². The molecule has 1 atom stereocenters. The fourth-order valence-corrected chi connectivity index (χ4v) is 2.57. The first-order chi connectivity index (χ1) is 11.2. The second-order valence-corrected chi connectivity index (χ2v) is 5.82. The van der Waals surface area contributed by atoms with E-state index in [1.807, 2.05) is 19.1 Å². The summed E-state index contributed by atoms with van der Waals surface area (Å²) < 4.78 is 16.9. The Balaban J connectivity index is 1.63. The second kappa shape index (κ2) is 7.66. The third kappa shape index (κ3) is 4.36. The molecule has 2 heterocycles. The molecule has 2 aromatic rings. The number of anilines is 1. The Kier molecular flexibility index (Phi) is 5.35. The molecule has 0 radical (unpaired) electrons. The van der Waals surface area contributed by atoms with Gasteiger partial charge in [0.05, 0.1) is 18.3 Å². The van der Waals surface area contributed by atoms with Gasteiger partial charge in [0, 0.05) is 18.1 Å². The molecule has 1 aromatic carbocycles. The summed E-state index contributed by atoms with van der Waals surface area (Å²) in [5, 5.41) is 11.8. The summed E-state index contributed by atoms with van der Waals surface area (Å²) in [7, 11) is 0. The number of halogens is 1. The molecule has 7 heteroatoms. The number of rotatable bonds is 7. The highest BCUT2D eigenvalue weighted by Gasteiger charge is 2.17. The van der Waals surface area contributed by atoms with Crippen LogP contribution in [0.3, 0.4) is 0 Å². The van der Waals surface area contributed by atoms with Gasteiger partial charge < -0.3 is 19.2 Å². The van der Waals surface area contributed by atoms with E-state index in [4.69, 9.17) is 25.5 Å². The minimum Gasteiger partial charge on any atom is -0.489 e. The topological polar surface area (TPSA) is 69.4 Å². The van der Waals surface area contributed by atoms with Gasteiger partial charge in [-0.25, -0.2) is 0 Å². The molecule has 1 fully saturated rings. The maximum absolute atomic E-state index is 6.08. The van der Waals surface area contributed by atoms with E-state index in [1.165, 1.54) is 0 Å². The fraction of sp³-hybridized carbons (Fsp3) is 0.500. The molecule has 1 saturated heterocycles. The number of aryl methyl sites for hydroxylation is 1. The Hall–Kier alpha value is -1.79. The van der Waals surface area contributed by atoms with Crippen molar-refractivity contribution in [3.63, 3.8) is 0 Å². The van der Waals surface area contributed by atoms with Crippen LogP contribution in [0.25, 0.3) is 0 Å². The molecular weight excluding hydrogens is 318 g/mol. The average Bonchev–Trinajstić information content (AvgIpc) is 3.23. The number of nitrogens with zero attached hydrogens (tertiary/aromatic N) is 2. The van der Waals surface area contributed by atoms with E-state index in [9.17, 15) is 0 Å². The van der Waals surface area contributed by atoms with Gasteiger partial charge in [-0.1, -0.05) is 18.5 Å². The van der Waals surface area contributed by atoms with Gasteiger partial charge in [-0.3, -0.25) is 0 Å². The van der Waals surface area contributed by atoms with E-state index < -0.39 is 0 Å². The lowest BCUT2D eigenvalue weighted by atomic mass is 10.2. The first kappa shape index (κ1) is 16.1. The highest BCUT2D eigenvalue weighted by Crippen LogP contribution is 2.29.